The van der Waals surface area contributed by atoms with Gasteiger partial charge in [-0.15, -0.1) is 0 Å². The maximum Gasteiger partial charge on any atom is 0.160 e. The molecule has 0 radical (unpaired) electrons. The van der Waals surface area contributed by atoms with Gasteiger partial charge in [0.25, 0.3) is 0 Å². The number of carbonyl (C=O) groups excluding carboxylic acids is 2. The number of benzene rings is 1. The van der Waals surface area contributed by atoms with Crippen LogP contribution in [-0.4, -0.2) is 12.1 Å². The molecule has 3 nitrogen and oxygen atoms in total. The average molecular weight is 301 g/mol. The number of aryl methyl sites for hydroxylation is 2. The van der Waals surface area contributed by atoms with Crippen molar-refractivity contribution in [3.63, 3.8) is 0 Å². The number of Topliss-reactive ketones (excluding diaryl/α,β-unsaturated/α-hetero) is 1. The highest BCUT2D eigenvalue weighted by molar-refractivity contribution is 5.95. The summed E-state index contributed by atoms with van der Waals surface area (Å²) in [5.41, 5.74) is 4.29. The van der Waals surface area contributed by atoms with E-state index < -0.39 is 0 Å². The fourth-order valence-electron chi connectivity index (χ4n) is 2.25. The van der Waals surface area contributed by atoms with Gasteiger partial charge in [0.2, 0.25) is 0 Å². The normalized spacial score (nSPS) is 12.8. The lowest BCUT2D eigenvalue weighted by Gasteiger charge is -2.10. The number of nitrogens with one attached hydrogen (secondary N) is 1. The summed E-state index contributed by atoms with van der Waals surface area (Å²) in [6.45, 7) is 8.01. The van der Waals surface area contributed by atoms with Crippen LogP contribution < -0.4 is 5.32 Å². The number of hydrogen-bond acceptors (Lipinski definition) is 3. The smallest absolute Gasteiger partial charge is 0.160 e. The van der Waals surface area contributed by atoms with Gasteiger partial charge in [-0.25, -0.2) is 0 Å². The van der Waals surface area contributed by atoms with Crippen LogP contribution in [0, 0.1) is 5.92 Å². The zero-order chi connectivity index (χ0) is 16.5. The van der Waals surface area contributed by atoms with E-state index >= 15 is 0 Å². The van der Waals surface area contributed by atoms with Crippen LogP contribution in [0.25, 0.3) is 0 Å². The molecule has 0 saturated carbocycles. The van der Waals surface area contributed by atoms with Crippen LogP contribution in [0.3, 0.4) is 0 Å². The van der Waals surface area contributed by atoms with Gasteiger partial charge in [0.05, 0.1) is 0 Å². The van der Waals surface area contributed by atoms with Gasteiger partial charge in [-0.1, -0.05) is 26.8 Å². The Morgan fingerprint density at radius 1 is 1.18 bits per heavy atom. The number of carbonyl (C=O) groups is 2. The summed E-state index contributed by atoms with van der Waals surface area (Å²) in [7, 11) is 0. The molecule has 120 valence electrons. The predicted molar refractivity (Wildman–Crippen MR) is 92.0 cm³/mol. The third kappa shape index (κ3) is 5.84. The number of hydrogen-bond donors (Lipinski definition) is 1. The number of aldehydes is 1. The topological polar surface area (TPSA) is 46.2 Å². The van der Waals surface area contributed by atoms with Crippen LogP contribution in [0.2, 0.25) is 0 Å². The van der Waals surface area contributed by atoms with E-state index in [1.807, 2.05) is 13.8 Å². The van der Waals surface area contributed by atoms with Crippen molar-refractivity contribution < 1.29 is 9.59 Å². The second-order valence-corrected chi connectivity index (χ2v) is 5.85. The second-order valence-electron chi connectivity index (χ2n) is 5.85. The minimum atomic E-state index is 0.0872. The number of ketones is 1. The molecule has 0 aliphatic rings. The standard InChI is InChI=1S/C19H27NO2/c1-5-16-10-17(6-2)12-18(11-16)20-13-15(4)19(22)9-14(3)7-8-21/h8,10-14,20H,5-7,9H2,1-4H3/b15-13+. The first-order valence-electron chi connectivity index (χ1n) is 8.03. The maximum absolute atomic E-state index is 12.1. The monoisotopic (exact) mass is 301 g/mol. The summed E-state index contributed by atoms with van der Waals surface area (Å²) in [5.74, 6) is 0.188. The maximum atomic E-state index is 12.1. The molecule has 1 aromatic rings. The molecule has 0 fully saturated rings. The minimum absolute atomic E-state index is 0.0872. The number of rotatable bonds is 9. The molecule has 0 aliphatic carbocycles. The predicted octanol–water partition coefficient (Wildman–Crippen LogP) is 4.31. The molecular weight excluding hydrogens is 274 g/mol. The molecule has 0 saturated heterocycles. The fraction of sp³-hybridized carbons (Fsp3) is 0.474. The van der Waals surface area contributed by atoms with Crippen LogP contribution in [-0.2, 0) is 22.4 Å². The first-order valence-corrected chi connectivity index (χ1v) is 8.03. The van der Waals surface area contributed by atoms with E-state index in [9.17, 15) is 9.59 Å². The third-order valence-corrected chi connectivity index (χ3v) is 3.80. The Bertz CT molecular complexity index is 524. The molecular formula is C19H27NO2. The number of anilines is 1. The van der Waals surface area contributed by atoms with Crippen molar-refractivity contribution in [1.82, 2.24) is 0 Å². The van der Waals surface area contributed by atoms with Crippen LogP contribution in [0.1, 0.15) is 51.7 Å². The lowest BCUT2D eigenvalue weighted by molar-refractivity contribution is -0.116. The molecule has 22 heavy (non-hydrogen) atoms. The Balaban J connectivity index is 2.74. The van der Waals surface area contributed by atoms with Crippen LogP contribution in [0.4, 0.5) is 5.69 Å². The van der Waals surface area contributed by atoms with Crippen molar-refractivity contribution in [2.24, 2.45) is 5.92 Å². The quantitative estimate of drug-likeness (QED) is 0.546. The molecule has 0 heterocycles. The molecule has 3 heteroatoms. The van der Waals surface area contributed by atoms with E-state index in [0.717, 1.165) is 24.8 Å². The van der Waals surface area contributed by atoms with Crippen molar-refractivity contribution in [3.8, 4) is 0 Å². The van der Waals surface area contributed by atoms with Crippen LogP contribution in [0.15, 0.2) is 30.0 Å². The van der Waals surface area contributed by atoms with Crippen molar-refractivity contribution in [3.05, 3.63) is 41.1 Å². The Hall–Kier alpha value is -1.90. The third-order valence-electron chi connectivity index (χ3n) is 3.80. The highest BCUT2D eigenvalue weighted by Gasteiger charge is 2.10. The largest absolute Gasteiger partial charge is 0.361 e. The van der Waals surface area contributed by atoms with Gasteiger partial charge < -0.3 is 10.1 Å². The Morgan fingerprint density at radius 2 is 1.77 bits per heavy atom. The van der Waals surface area contributed by atoms with Crippen LogP contribution >= 0.6 is 0 Å². The zero-order valence-electron chi connectivity index (χ0n) is 14.1. The molecule has 1 atom stereocenters. The number of allylic oxidation sites excluding steroid dienone is 1. The summed E-state index contributed by atoms with van der Waals surface area (Å²) in [5, 5.41) is 3.23. The minimum Gasteiger partial charge on any atom is -0.361 e. The molecule has 1 unspecified atom stereocenters. The van der Waals surface area contributed by atoms with Crippen molar-refractivity contribution in [1.29, 1.82) is 0 Å². The molecule has 0 amide bonds. The van der Waals surface area contributed by atoms with Crippen LogP contribution in [0.5, 0.6) is 0 Å². The summed E-state index contributed by atoms with van der Waals surface area (Å²) >= 11 is 0. The summed E-state index contributed by atoms with van der Waals surface area (Å²) in [6, 6.07) is 6.44. The molecule has 0 spiro atoms. The molecule has 1 aromatic carbocycles. The van der Waals surface area contributed by atoms with E-state index in [4.69, 9.17) is 0 Å². The zero-order valence-corrected chi connectivity index (χ0v) is 14.1. The van der Waals surface area contributed by atoms with Gasteiger partial charge in [0.1, 0.15) is 6.29 Å². The van der Waals surface area contributed by atoms with E-state index in [-0.39, 0.29) is 11.7 Å². The van der Waals surface area contributed by atoms with Gasteiger partial charge in [0, 0.05) is 30.3 Å². The van der Waals surface area contributed by atoms with Gasteiger partial charge in [-0.2, -0.15) is 0 Å². The highest BCUT2D eigenvalue weighted by Crippen LogP contribution is 2.17. The lowest BCUT2D eigenvalue weighted by Crippen LogP contribution is -2.08. The van der Waals surface area contributed by atoms with Gasteiger partial charge in [-0.3, -0.25) is 4.79 Å². The molecule has 1 rings (SSSR count). The fourth-order valence-corrected chi connectivity index (χ4v) is 2.25. The first kappa shape index (κ1) is 18.1. The van der Waals surface area contributed by atoms with Gasteiger partial charge >= 0.3 is 0 Å². The Morgan fingerprint density at radius 3 is 2.27 bits per heavy atom. The van der Waals surface area contributed by atoms with Crippen molar-refractivity contribution >= 4 is 17.8 Å². The Kier molecular flexibility index (Phi) is 7.58. The molecule has 0 bridgehead atoms. The van der Waals surface area contributed by atoms with E-state index in [2.05, 4.69) is 37.4 Å². The van der Waals surface area contributed by atoms with E-state index in [0.29, 0.717) is 18.4 Å². The summed E-state index contributed by atoms with van der Waals surface area (Å²) in [6.07, 6.45) is 5.48. The molecule has 0 aromatic heterocycles. The molecule has 0 aliphatic heterocycles. The molecule has 1 N–H and O–H groups in total. The van der Waals surface area contributed by atoms with Crippen molar-refractivity contribution in [2.45, 2.75) is 53.4 Å². The van der Waals surface area contributed by atoms with Gasteiger partial charge in [-0.05, 0) is 48.9 Å². The Labute approximate surface area is 133 Å². The van der Waals surface area contributed by atoms with Crippen molar-refractivity contribution in [2.75, 3.05) is 5.32 Å². The lowest BCUT2D eigenvalue weighted by atomic mass is 9.98. The summed E-state index contributed by atoms with van der Waals surface area (Å²) in [4.78, 5) is 22.5. The van der Waals surface area contributed by atoms with Gasteiger partial charge in [0.15, 0.2) is 5.78 Å². The first-order chi connectivity index (χ1) is 10.5. The second kappa shape index (κ2) is 9.19. The summed E-state index contributed by atoms with van der Waals surface area (Å²) < 4.78 is 0. The highest BCUT2D eigenvalue weighted by atomic mass is 16.1. The van der Waals surface area contributed by atoms with E-state index in [1.165, 1.54) is 11.1 Å². The SMILES string of the molecule is CCc1cc(CC)cc(N/C=C(\C)C(=O)CC(C)CC=O)c1. The average Bonchev–Trinajstić information content (AvgIpc) is 2.52. The van der Waals surface area contributed by atoms with E-state index in [1.54, 1.807) is 6.20 Å².